The summed E-state index contributed by atoms with van der Waals surface area (Å²) in [6, 6.07) is 12.3. The molecule has 0 saturated carbocycles. The Kier molecular flexibility index (Phi) is 5.74. The molecule has 1 atom stereocenters. The van der Waals surface area contributed by atoms with Crippen LogP contribution in [0.5, 0.6) is 0 Å². The predicted octanol–water partition coefficient (Wildman–Crippen LogP) is 3.79. The summed E-state index contributed by atoms with van der Waals surface area (Å²) in [5, 5.41) is 3.11. The van der Waals surface area contributed by atoms with Gasteiger partial charge >= 0.3 is 0 Å². The molecule has 2 aromatic rings. The molecule has 2 rings (SSSR count). The highest BCUT2D eigenvalue weighted by Crippen LogP contribution is 2.30. The van der Waals surface area contributed by atoms with Crippen molar-refractivity contribution in [2.45, 2.75) is 13.0 Å². The van der Waals surface area contributed by atoms with Crippen LogP contribution in [0.1, 0.15) is 6.92 Å². The Morgan fingerprint density at radius 2 is 1.71 bits per heavy atom. The standard InChI is InChI=1S/C16H16Cl2N2O3S/c1-11(16(21)19-14-10-6-9-13(17)15(14)18)20(24(2,22)23)12-7-4-3-5-8-12/h3-11H,1-2H3,(H,19,21). The Morgan fingerprint density at radius 3 is 2.29 bits per heavy atom. The number of benzene rings is 2. The first-order valence-corrected chi connectivity index (χ1v) is 9.61. The monoisotopic (exact) mass is 386 g/mol. The first-order chi connectivity index (χ1) is 11.2. The largest absolute Gasteiger partial charge is 0.323 e. The number of amides is 1. The molecule has 0 aliphatic carbocycles. The van der Waals surface area contributed by atoms with Gasteiger partial charge in [0.15, 0.2) is 0 Å². The van der Waals surface area contributed by atoms with E-state index >= 15 is 0 Å². The van der Waals surface area contributed by atoms with E-state index in [1.807, 2.05) is 0 Å². The molecule has 1 amide bonds. The third-order valence-electron chi connectivity index (χ3n) is 3.31. The van der Waals surface area contributed by atoms with Crippen LogP contribution in [0.3, 0.4) is 0 Å². The lowest BCUT2D eigenvalue weighted by Gasteiger charge is -2.28. The van der Waals surface area contributed by atoms with Gasteiger partial charge in [0.1, 0.15) is 6.04 Å². The first-order valence-electron chi connectivity index (χ1n) is 7.01. The Hall–Kier alpha value is -1.76. The normalized spacial score (nSPS) is 12.5. The quantitative estimate of drug-likeness (QED) is 0.849. The van der Waals surface area contributed by atoms with Crippen molar-refractivity contribution in [1.82, 2.24) is 0 Å². The van der Waals surface area contributed by atoms with Gasteiger partial charge in [0.25, 0.3) is 0 Å². The average Bonchev–Trinajstić information content (AvgIpc) is 2.51. The van der Waals surface area contributed by atoms with Gasteiger partial charge in [-0.2, -0.15) is 0 Å². The molecule has 0 heterocycles. The fraction of sp³-hybridized carbons (Fsp3) is 0.188. The van der Waals surface area contributed by atoms with E-state index in [-0.39, 0.29) is 5.02 Å². The van der Waals surface area contributed by atoms with Gasteiger partial charge in [0, 0.05) is 0 Å². The molecule has 0 fully saturated rings. The van der Waals surface area contributed by atoms with Crippen LogP contribution >= 0.6 is 23.2 Å². The Bertz CT molecular complexity index is 842. The van der Waals surface area contributed by atoms with Gasteiger partial charge in [-0.3, -0.25) is 9.10 Å². The number of carbonyl (C=O) groups is 1. The number of hydrogen-bond donors (Lipinski definition) is 1. The van der Waals surface area contributed by atoms with Gasteiger partial charge < -0.3 is 5.32 Å². The highest BCUT2D eigenvalue weighted by Gasteiger charge is 2.29. The van der Waals surface area contributed by atoms with Crippen LogP contribution in [0.2, 0.25) is 10.0 Å². The Balaban J connectivity index is 2.31. The minimum absolute atomic E-state index is 0.199. The molecule has 0 saturated heterocycles. The van der Waals surface area contributed by atoms with Crippen LogP contribution in [-0.4, -0.2) is 26.6 Å². The maximum atomic E-state index is 12.5. The Labute approximate surface area is 151 Å². The molecule has 0 aliphatic rings. The van der Waals surface area contributed by atoms with Crippen LogP contribution in [0.25, 0.3) is 0 Å². The predicted molar refractivity (Wildman–Crippen MR) is 98.3 cm³/mol. The van der Waals surface area contributed by atoms with Crippen LogP contribution in [0.4, 0.5) is 11.4 Å². The minimum atomic E-state index is -3.66. The van der Waals surface area contributed by atoms with Crippen molar-refractivity contribution < 1.29 is 13.2 Å². The number of hydrogen-bond acceptors (Lipinski definition) is 3. The van der Waals surface area contributed by atoms with Crippen LogP contribution in [0, 0.1) is 0 Å². The lowest BCUT2D eigenvalue weighted by Crippen LogP contribution is -2.45. The molecule has 0 aromatic heterocycles. The summed E-state index contributed by atoms with van der Waals surface area (Å²) in [5.74, 6) is -0.520. The highest BCUT2D eigenvalue weighted by atomic mass is 35.5. The molecule has 24 heavy (non-hydrogen) atoms. The summed E-state index contributed by atoms with van der Waals surface area (Å²) in [5.41, 5.74) is 0.724. The molecule has 0 radical (unpaired) electrons. The van der Waals surface area contributed by atoms with E-state index in [0.717, 1.165) is 10.6 Å². The van der Waals surface area contributed by atoms with Crippen molar-refractivity contribution in [3.63, 3.8) is 0 Å². The summed E-state index contributed by atoms with van der Waals surface area (Å²) < 4.78 is 25.4. The average molecular weight is 387 g/mol. The molecular formula is C16H16Cl2N2O3S. The summed E-state index contributed by atoms with van der Waals surface area (Å²) in [6.45, 7) is 1.50. The van der Waals surface area contributed by atoms with Crippen molar-refractivity contribution in [1.29, 1.82) is 0 Å². The summed E-state index contributed by atoms with van der Waals surface area (Å²) in [4.78, 5) is 12.5. The van der Waals surface area contributed by atoms with Gasteiger partial charge in [-0.25, -0.2) is 8.42 Å². The zero-order valence-electron chi connectivity index (χ0n) is 13.0. The lowest BCUT2D eigenvalue weighted by molar-refractivity contribution is -0.116. The number of anilines is 2. The fourth-order valence-electron chi connectivity index (χ4n) is 2.22. The van der Waals surface area contributed by atoms with Gasteiger partial charge in [-0.1, -0.05) is 47.5 Å². The molecule has 0 spiro atoms. The molecule has 5 nitrogen and oxygen atoms in total. The second-order valence-electron chi connectivity index (χ2n) is 5.16. The first kappa shape index (κ1) is 18.6. The number of nitrogens with one attached hydrogen (secondary N) is 1. The molecule has 8 heteroatoms. The highest BCUT2D eigenvalue weighted by molar-refractivity contribution is 7.92. The van der Waals surface area contributed by atoms with Crippen molar-refractivity contribution in [2.24, 2.45) is 0 Å². The zero-order chi connectivity index (χ0) is 17.9. The second-order valence-corrected chi connectivity index (χ2v) is 7.81. The summed E-state index contributed by atoms with van der Waals surface area (Å²) in [6.07, 6.45) is 1.05. The Morgan fingerprint density at radius 1 is 1.08 bits per heavy atom. The van der Waals surface area contributed by atoms with Crippen LogP contribution in [0.15, 0.2) is 48.5 Å². The van der Waals surface area contributed by atoms with E-state index < -0.39 is 22.0 Å². The maximum Gasteiger partial charge on any atom is 0.248 e. The maximum absolute atomic E-state index is 12.5. The fourth-order valence-corrected chi connectivity index (χ4v) is 3.74. The van der Waals surface area contributed by atoms with E-state index in [9.17, 15) is 13.2 Å². The van der Waals surface area contributed by atoms with E-state index in [1.165, 1.54) is 6.92 Å². The topological polar surface area (TPSA) is 66.5 Å². The van der Waals surface area contributed by atoms with Crippen LogP contribution < -0.4 is 9.62 Å². The van der Waals surface area contributed by atoms with E-state index in [1.54, 1.807) is 48.5 Å². The smallest absolute Gasteiger partial charge is 0.248 e. The van der Waals surface area contributed by atoms with E-state index in [0.29, 0.717) is 16.4 Å². The molecule has 1 unspecified atom stereocenters. The van der Waals surface area contributed by atoms with Crippen molar-refractivity contribution >= 4 is 50.5 Å². The van der Waals surface area contributed by atoms with E-state index in [4.69, 9.17) is 23.2 Å². The summed E-state index contributed by atoms with van der Waals surface area (Å²) >= 11 is 12.0. The van der Waals surface area contributed by atoms with E-state index in [2.05, 4.69) is 5.32 Å². The zero-order valence-corrected chi connectivity index (χ0v) is 15.4. The number of halogens is 2. The molecule has 0 bridgehead atoms. The molecule has 1 N–H and O–H groups in total. The van der Waals surface area contributed by atoms with Crippen molar-refractivity contribution in [3.05, 3.63) is 58.6 Å². The summed E-state index contributed by atoms with van der Waals surface area (Å²) in [7, 11) is -3.66. The van der Waals surface area contributed by atoms with Gasteiger partial charge in [0.05, 0.1) is 27.7 Å². The molecule has 0 aliphatic heterocycles. The number of para-hydroxylation sites is 1. The third-order valence-corrected chi connectivity index (χ3v) is 5.37. The molecule has 2 aromatic carbocycles. The second kappa shape index (κ2) is 7.42. The number of nitrogens with zero attached hydrogens (tertiary/aromatic N) is 1. The van der Waals surface area contributed by atoms with Crippen molar-refractivity contribution in [3.8, 4) is 0 Å². The van der Waals surface area contributed by atoms with Crippen molar-refractivity contribution in [2.75, 3.05) is 15.9 Å². The molecular weight excluding hydrogens is 371 g/mol. The van der Waals surface area contributed by atoms with Gasteiger partial charge in [0.2, 0.25) is 15.9 Å². The van der Waals surface area contributed by atoms with Gasteiger partial charge in [-0.15, -0.1) is 0 Å². The minimum Gasteiger partial charge on any atom is -0.323 e. The SMILES string of the molecule is CC(C(=O)Nc1cccc(Cl)c1Cl)N(c1ccccc1)S(C)(=O)=O. The van der Waals surface area contributed by atoms with Crippen LogP contribution in [-0.2, 0) is 14.8 Å². The number of carbonyl (C=O) groups excluding carboxylic acids is 1. The lowest BCUT2D eigenvalue weighted by atomic mass is 10.2. The number of rotatable bonds is 5. The molecule has 128 valence electrons. The third kappa shape index (κ3) is 4.20. The number of sulfonamides is 1. The van der Waals surface area contributed by atoms with Gasteiger partial charge in [-0.05, 0) is 31.2 Å².